The van der Waals surface area contributed by atoms with Crippen molar-refractivity contribution in [3.8, 4) is 0 Å². The minimum absolute atomic E-state index is 0.401. The van der Waals surface area contributed by atoms with Crippen LogP contribution in [0.1, 0.15) is 72.1 Å². The van der Waals surface area contributed by atoms with E-state index in [2.05, 4.69) is 20.8 Å². The predicted octanol–water partition coefficient (Wildman–Crippen LogP) is 3.03. The van der Waals surface area contributed by atoms with Crippen LogP contribution in [0.2, 0.25) is 0 Å². The van der Waals surface area contributed by atoms with Crippen LogP contribution in [0, 0.1) is 11.8 Å². The summed E-state index contributed by atoms with van der Waals surface area (Å²) in [6.45, 7) is 6.49. The lowest BCUT2D eigenvalue weighted by Crippen LogP contribution is -2.37. The van der Waals surface area contributed by atoms with Crippen molar-refractivity contribution in [1.82, 2.24) is 0 Å². The van der Waals surface area contributed by atoms with Gasteiger partial charge in [-0.15, -0.1) is 0 Å². The van der Waals surface area contributed by atoms with Gasteiger partial charge in [-0.3, -0.25) is 0 Å². The van der Waals surface area contributed by atoms with Crippen LogP contribution in [-0.2, 0) is 0 Å². The Balaban J connectivity index is 3.76. The molecule has 3 heteroatoms. The highest BCUT2D eigenvalue weighted by Crippen LogP contribution is 2.25. The number of unbranched alkanes of at least 4 members (excludes halogenated alkanes) is 3. The van der Waals surface area contributed by atoms with E-state index in [4.69, 9.17) is 0 Å². The maximum Gasteiger partial charge on any atom is 0.278 e. The molecule has 3 nitrogen and oxygen atoms in total. The van der Waals surface area contributed by atoms with Crippen LogP contribution >= 0.6 is 0 Å². The van der Waals surface area contributed by atoms with Gasteiger partial charge >= 0.3 is 0 Å². The first-order valence-corrected chi connectivity index (χ1v) is 7.05. The van der Waals surface area contributed by atoms with Gasteiger partial charge in [0.05, 0.1) is 0 Å². The van der Waals surface area contributed by atoms with Crippen LogP contribution in [-0.4, -0.2) is 21.3 Å². The van der Waals surface area contributed by atoms with Crippen LogP contribution in [0.5, 0.6) is 0 Å². The molecule has 0 aromatic heterocycles. The van der Waals surface area contributed by atoms with E-state index >= 15 is 0 Å². The normalized spacial score (nSPS) is 14.3. The molecule has 0 rings (SSSR count). The summed E-state index contributed by atoms with van der Waals surface area (Å²) in [5, 5.41) is 27.8. The molecule has 3 N–H and O–H groups in total. The zero-order chi connectivity index (χ0) is 13.3. The Kier molecular flexibility index (Phi) is 8.83. The average molecular weight is 246 g/mol. The van der Waals surface area contributed by atoms with E-state index < -0.39 is 11.9 Å². The molecule has 0 spiro atoms. The topological polar surface area (TPSA) is 60.7 Å². The predicted molar refractivity (Wildman–Crippen MR) is 70.3 cm³/mol. The van der Waals surface area contributed by atoms with Gasteiger partial charge in [0, 0.05) is 5.92 Å². The Labute approximate surface area is 106 Å². The molecule has 0 heterocycles. The Morgan fingerprint density at radius 2 is 1.35 bits per heavy atom. The summed E-state index contributed by atoms with van der Waals surface area (Å²) in [7, 11) is 0. The maximum absolute atomic E-state index is 9.26. The van der Waals surface area contributed by atoms with Crippen molar-refractivity contribution < 1.29 is 15.3 Å². The van der Waals surface area contributed by atoms with E-state index in [-0.39, 0.29) is 0 Å². The molecule has 104 valence electrons. The second kappa shape index (κ2) is 8.90. The standard InChI is InChI=1S/C14H30O3/c1-4-5-10-13(14(15,16)17)11-8-6-7-9-12(2)3/h12-13,15-17H,4-11H2,1-3H3. The molecular weight excluding hydrogens is 216 g/mol. The molecule has 1 unspecified atom stereocenters. The van der Waals surface area contributed by atoms with Gasteiger partial charge in [-0.1, -0.05) is 59.3 Å². The Morgan fingerprint density at radius 3 is 1.82 bits per heavy atom. The molecule has 0 aliphatic rings. The molecule has 0 aliphatic heterocycles. The molecule has 0 saturated carbocycles. The summed E-state index contributed by atoms with van der Waals surface area (Å²) < 4.78 is 0. The van der Waals surface area contributed by atoms with Crippen molar-refractivity contribution >= 4 is 0 Å². The van der Waals surface area contributed by atoms with Gasteiger partial charge < -0.3 is 15.3 Å². The van der Waals surface area contributed by atoms with Gasteiger partial charge in [-0.2, -0.15) is 0 Å². The van der Waals surface area contributed by atoms with Crippen LogP contribution in [0.15, 0.2) is 0 Å². The number of rotatable bonds is 10. The Hall–Kier alpha value is -0.120. The quantitative estimate of drug-likeness (QED) is 0.410. The van der Waals surface area contributed by atoms with E-state index in [1.54, 1.807) is 0 Å². The number of hydrogen-bond acceptors (Lipinski definition) is 3. The monoisotopic (exact) mass is 246 g/mol. The lowest BCUT2D eigenvalue weighted by molar-refractivity contribution is -0.344. The highest BCUT2D eigenvalue weighted by atomic mass is 16.7. The second-order valence-electron chi connectivity index (χ2n) is 5.56. The van der Waals surface area contributed by atoms with E-state index in [9.17, 15) is 15.3 Å². The van der Waals surface area contributed by atoms with Crippen LogP contribution in [0.25, 0.3) is 0 Å². The molecule has 0 amide bonds. The average Bonchev–Trinajstić information content (AvgIpc) is 2.19. The van der Waals surface area contributed by atoms with Crippen molar-refractivity contribution in [2.75, 3.05) is 0 Å². The van der Waals surface area contributed by atoms with Crippen LogP contribution < -0.4 is 0 Å². The molecule has 0 fully saturated rings. The van der Waals surface area contributed by atoms with E-state index in [0.29, 0.717) is 12.8 Å². The van der Waals surface area contributed by atoms with Gasteiger partial charge in [0.2, 0.25) is 0 Å². The highest BCUT2D eigenvalue weighted by Gasteiger charge is 2.30. The molecule has 1 atom stereocenters. The lowest BCUT2D eigenvalue weighted by Gasteiger charge is -2.26. The second-order valence-corrected chi connectivity index (χ2v) is 5.56. The fourth-order valence-corrected chi connectivity index (χ4v) is 2.10. The summed E-state index contributed by atoms with van der Waals surface area (Å²) in [4.78, 5) is 0. The SMILES string of the molecule is CCCCC(CCCCCC(C)C)C(O)(O)O. The van der Waals surface area contributed by atoms with E-state index in [1.165, 1.54) is 12.8 Å². The Morgan fingerprint density at radius 1 is 0.824 bits per heavy atom. The summed E-state index contributed by atoms with van der Waals surface area (Å²) in [6, 6.07) is 0. The van der Waals surface area contributed by atoms with Crippen molar-refractivity contribution in [3.05, 3.63) is 0 Å². The molecule has 0 aliphatic carbocycles. The zero-order valence-corrected chi connectivity index (χ0v) is 11.7. The molecule has 17 heavy (non-hydrogen) atoms. The first-order valence-electron chi connectivity index (χ1n) is 7.05. The van der Waals surface area contributed by atoms with E-state index in [1.807, 2.05) is 0 Å². The smallest absolute Gasteiger partial charge is 0.278 e. The summed E-state index contributed by atoms with van der Waals surface area (Å²) in [6.07, 6.45) is 7.81. The van der Waals surface area contributed by atoms with Gasteiger partial charge in [-0.05, 0) is 18.8 Å². The van der Waals surface area contributed by atoms with Crippen LogP contribution in [0.4, 0.5) is 0 Å². The van der Waals surface area contributed by atoms with Crippen molar-refractivity contribution in [2.45, 2.75) is 78.1 Å². The highest BCUT2D eigenvalue weighted by molar-refractivity contribution is 4.66. The lowest BCUT2D eigenvalue weighted by atomic mass is 9.92. The van der Waals surface area contributed by atoms with Gasteiger partial charge in [0.15, 0.2) is 0 Å². The van der Waals surface area contributed by atoms with E-state index in [0.717, 1.165) is 31.6 Å². The van der Waals surface area contributed by atoms with Crippen molar-refractivity contribution in [2.24, 2.45) is 11.8 Å². The molecule has 0 bridgehead atoms. The summed E-state index contributed by atoms with van der Waals surface area (Å²) >= 11 is 0. The third-order valence-corrected chi connectivity index (χ3v) is 3.29. The van der Waals surface area contributed by atoms with Crippen LogP contribution in [0.3, 0.4) is 0 Å². The minimum atomic E-state index is -2.49. The summed E-state index contributed by atoms with van der Waals surface area (Å²) in [5.74, 6) is -2.16. The third-order valence-electron chi connectivity index (χ3n) is 3.29. The molecule has 0 saturated heterocycles. The summed E-state index contributed by atoms with van der Waals surface area (Å²) in [5.41, 5.74) is 0. The first kappa shape index (κ1) is 16.9. The van der Waals surface area contributed by atoms with Crippen molar-refractivity contribution in [3.63, 3.8) is 0 Å². The molecule has 0 aromatic rings. The third kappa shape index (κ3) is 9.57. The zero-order valence-electron chi connectivity index (χ0n) is 11.7. The minimum Gasteiger partial charge on any atom is -0.343 e. The maximum atomic E-state index is 9.26. The molecule has 0 aromatic carbocycles. The fraction of sp³-hybridized carbons (Fsp3) is 1.00. The molecule has 0 radical (unpaired) electrons. The van der Waals surface area contributed by atoms with Gasteiger partial charge in [-0.25, -0.2) is 0 Å². The number of aliphatic hydroxyl groups is 3. The fourth-order valence-electron chi connectivity index (χ4n) is 2.10. The van der Waals surface area contributed by atoms with Gasteiger partial charge in [0.25, 0.3) is 5.97 Å². The first-order chi connectivity index (χ1) is 7.88. The number of hydrogen-bond donors (Lipinski definition) is 3. The Bertz CT molecular complexity index is 173. The van der Waals surface area contributed by atoms with Crippen molar-refractivity contribution in [1.29, 1.82) is 0 Å². The van der Waals surface area contributed by atoms with Gasteiger partial charge in [0.1, 0.15) is 0 Å². The molecular formula is C14H30O3. The largest absolute Gasteiger partial charge is 0.343 e.